The number of carboxylic acid groups (broad SMARTS) is 1. The van der Waals surface area contributed by atoms with Crippen molar-refractivity contribution in [2.45, 2.75) is 32.9 Å². The third-order valence-corrected chi connectivity index (χ3v) is 11.0. The second-order valence-electron chi connectivity index (χ2n) is 13.7. The molecule has 0 unspecified atom stereocenters. The Morgan fingerprint density at radius 1 is 1.26 bits per heavy atom. The Balaban J connectivity index is 0.00000160. The molecule has 2 aromatic carbocycles. The van der Waals surface area contributed by atoms with E-state index in [0.717, 1.165) is 16.9 Å². The van der Waals surface area contributed by atoms with Crippen LogP contribution >= 0.6 is 22.9 Å². The number of hydrogen-bond acceptors (Lipinski definition) is 11. The summed E-state index contributed by atoms with van der Waals surface area (Å²) in [6, 6.07) is 10.8. The number of nitriles is 1. The number of piperidine rings is 1. The smallest absolute Gasteiger partial charge is 0.319 e. The lowest BCUT2D eigenvalue weighted by atomic mass is 9.78. The zero-order valence-electron chi connectivity index (χ0n) is 30.1. The molecular formula is C37H38ClF2N9O4S. The van der Waals surface area contributed by atoms with Gasteiger partial charge < -0.3 is 30.3 Å². The van der Waals surface area contributed by atoms with E-state index in [-0.39, 0.29) is 46.7 Å². The highest BCUT2D eigenvalue weighted by Crippen LogP contribution is 2.45. The van der Waals surface area contributed by atoms with E-state index in [4.69, 9.17) is 37.0 Å². The molecule has 5 aromatic rings. The molecule has 17 heteroatoms. The minimum atomic E-state index is -0.709. The fraction of sp³-hybridized carbons (Fsp3) is 0.351. The Kier molecular flexibility index (Phi) is 11.0. The van der Waals surface area contributed by atoms with Gasteiger partial charge in [0, 0.05) is 66.7 Å². The summed E-state index contributed by atoms with van der Waals surface area (Å²) in [5.41, 5.74) is 7.97. The van der Waals surface area contributed by atoms with E-state index in [1.165, 1.54) is 16.2 Å². The quantitative estimate of drug-likeness (QED) is 0.185. The van der Waals surface area contributed by atoms with Crippen LogP contribution in [-0.4, -0.2) is 94.4 Å². The molecule has 3 aromatic heterocycles. The Hall–Kier alpha value is -5.37. The Morgan fingerprint density at radius 2 is 2.02 bits per heavy atom. The van der Waals surface area contributed by atoms with Crippen molar-refractivity contribution in [3.05, 3.63) is 70.0 Å². The summed E-state index contributed by atoms with van der Waals surface area (Å²) in [6.45, 7) is 4.42. The van der Waals surface area contributed by atoms with Crippen LogP contribution in [0.15, 0.2) is 42.2 Å². The second kappa shape index (κ2) is 15.5. The van der Waals surface area contributed by atoms with Gasteiger partial charge in [0.2, 0.25) is 0 Å². The summed E-state index contributed by atoms with van der Waals surface area (Å²) in [5, 5.41) is 22.7. The zero-order chi connectivity index (χ0) is 38.9. The highest BCUT2D eigenvalue weighted by atomic mass is 35.5. The highest BCUT2D eigenvalue weighted by molar-refractivity contribution is 7.23. The molecular weight excluding hydrogens is 740 g/mol. The number of benzene rings is 2. The van der Waals surface area contributed by atoms with Gasteiger partial charge in [0.15, 0.2) is 11.5 Å². The molecule has 1 fully saturated rings. The predicted molar refractivity (Wildman–Crippen MR) is 204 cm³/mol. The molecule has 2 aliphatic heterocycles. The second-order valence-corrected chi connectivity index (χ2v) is 15.2. The summed E-state index contributed by atoms with van der Waals surface area (Å²) in [5.74, 6) is -0.531. The van der Waals surface area contributed by atoms with Gasteiger partial charge in [-0.15, -0.1) is 11.3 Å². The van der Waals surface area contributed by atoms with Gasteiger partial charge in [0.1, 0.15) is 29.0 Å². The number of nitrogen functional groups attached to an aromatic ring is 1. The number of carbonyl (C=O) groups is 2. The van der Waals surface area contributed by atoms with Crippen molar-refractivity contribution < 1.29 is 28.2 Å². The number of carbonyl (C=O) groups excluding carboxylic acids is 1. The first-order chi connectivity index (χ1) is 25.8. The van der Waals surface area contributed by atoms with Gasteiger partial charge in [-0.2, -0.15) is 20.3 Å². The first kappa shape index (κ1) is 38.4. The molecule has 0 spiro atoms. The molecule has 1 atom stereocenters. The van der Waals surface area contributed by atoms with E-state index in [2.05, 4.69) is 21.1 Å². The van der Waals surface area contributed by atoms with Crippen molar-refractivity contribution in [3.8, 4) is 23.2 Å². The molecule has 0 saturated carbocycles. The monoisotopic (exact) mass is 777 g/mol. The number of rotatable bonds is 6. The third kappa shape index (κ3) is 7.14. The molecule has 5 heterocycles. The number of ether oxygens (including phenoxy) is 1. The number of likely N-dealkylation sites (tertiary alicyclic amines) is 1. The average molecular weight is 778 g/mol. The van der Waals surface area contributed by atoms with E-state index >= 15 is 4.39 Å². The number of fused-ring (bicyclic) bond motifs is 3. The molecule has 0 radical (unpaired) electrons. The molecule has 2 aliphatic rings. The Labute approximate surface area is 318 Å². The Bertz CT molecular complexity index is 2340. The average Bonchev–Trinajstić information content (AvgIpc) is 3.62. The fourth-order valence-electron chi connectivity index (χ4n) is 7.11. The van der Waals surface area contributed by atoms with Gasteiger partial charge in [0.25, 0.3) is 12.4 Å². The van der Waals surface area contributed by atoms with Gasteiger partial charge in [-0.05, 0) is 49.2 Å². The Morgan fingerprint density at radius 3 is 2.72 bits per heavy atom. The van der Waals surface area contributed by atoms with Crippen molar-refractivity contribution in [1.29, 1.82) is 5.26 Å². The van der Waals surface area contributed by atoms with Crippen molar-refractivity contribution in [2.75, 3.05) is 58.0 Å². The van der Waals surface area contributed by atoms with Crippen LogP contribution in [0, 0.1) is 22.6 Å². The number of halogens is 3. The minimum Gasteiger partial charge on any atom is -0.483 e. The van der Waals surface area contributed by atoms with Crippen molar-refractivity contribution in [2.24, 2.45) is 5.41 Å². The molecule has 13 nitrogen and oxygen atoms in total. The van der Waals surface area contributed by atoms with Crippen LogP contribution in [0.5, 0.6) is 6.01 Å². The maximum absolute atomic E-state index is 17.2. The van der Waals surface area contributed by atoms with E-state index in [1.54, 1.807) is 38.4 Å². The zero-order valence-corrected chi connectivity index (χ0v) is 31.6. The summed E-state index contributed by atoms with van der Waals surface area (Å²) in [6.07, 6.45) is 1.87. The number of aromatic nitrogens is 4. The number of aryl methyl sites for hydroxylation is 1. The largest absolute Gasteiger partial charge is 0.483 e. The van der Waals surface area contributed by atoms with Gasteiger partial charge in [-0.3, -0.25) is 14.3 Å². The van der Waals surface area contributed by atoms with Crippen LogP contribution in [0.3, 0.4) is 0 Å². The lowest BCUT2D eigenvalue weighted by Crippen LogP contribution is -2.44. The molecule has 1 saturated heterocycles. The number of nitrogens with two attached hydrogens (primary N) is 1. The maximum atomic E-state index is 17.2. The molecule has 3 N–H and O–H groups in total. The van der Waals surface area contributed by atoms with Crippen LogP contribution in [0.1, 0.15) is 41.5 Å². The number of thiophene rings is 1. The normalized spacial score (nSPS) is 18.1. The lowest BCUT2D eigenvalue weighted by Gasteiger charge is -2.40. The molecule has 1 amide bonds. The molecule has 0 aliphatic carbocycles. The lowest BCUT2D eigenvalue weighted by molar-refractivity contribution is -0.122. The van der Waals surface area contributed by atoms with Gasteiger partial charge in [-0.25, -0.2) is 8.78 Å². The molecule has 54 heavy (non-hydrogen) atoms. The first-order valence-corrected chi connectivity index (χ1v) is 18.2. The van der Waals surface area contributed by atoms with Crippen LogP contribution < -0.4 is 15.4 Å². The molecule has 0 bridgehead atoms. The van der Waals surface area contributed by atoms with Crippen LogP contribution in [0.4, 0.5) is 19.6 Å². The molecule has 7 rings (SSSR count). The predicted octanol–water partition coefficient (Wildman–Crippen LogP) is 6.34. The maximum Gasteiger partial charge on any atom is 0.319 e. The van der Waals surface area contributed by atoms with Crippen LogP contribution in [0.2, 0.25) is 5.02 Å². The highest BCUT2D eigenvalue weighted by Gasteiger charge is 2.36. The van der Waals surface area contributed by atoms with E-state index < -0.39 is 11.2 Å². The van der Waals surface area contributed by atoms with Crippen molar-refractivity contribution in [1.82, 2.24) is 29.5 Å². The number of hydrogen-bond donors (Lipinski definition) is 2. The SMILES string of the molecule is CN1CC/C(=C\F)[C@](C)(COc2nc(N3CCCn4nc(C(=O)N(C)C)cc4C3)c3cc(Cl)c(-c4cccc5sc(N)c(C#N)c45)c(F)c3n2)C1.O=CO. The fourth-order valence-corrected chi connectivity index (χ4v) is 8.35. The van der Waals surface area contributed by atoms with Crippen molar-refractivity contribution in [3.63, 3.8) is 0 Å². The number of anilines is 2. The van der Waals surface area contributed by atoms with Crippen LogP contribution in [0.25, 0.3) is 32.1 Å². The van der Waals surface area contributed by atoms with E-state index in [1.807, 2.05) is 29.6 Å². The summed E-state index contributed by atoms with van der Waals surface area (Å²) in [7, 11) is 5.32. The van der Waals surface area contributed by atoms with Gasteiger partial charge >= 0.3 is 6.01 Å². The minimum absolute atomic E-state index is 0.0264. The van der Waals surface area contributed by atoms with Gasteiger partial charge in [-0.1, -0.05) is 30.7 Å². The topological polar surface area (TPSA) is 167 Å². The van der Waals surface area contributed by atoms with E-state index in [9.17, 15) is 14.4 Å². The summed E-state index contributed by atoms with van der Waals surface area (Å²) in [4.78, 5) is 36.1. The first-order valence-electron chi connectivity index (χ1n) is 17.0. The number of amides is 1. The molecule has 282 valence electrons. The standard InChI is InChI=1S/C36H36ClF2N9O2S.CH2O2/c1-36(18-46(4)12-9-20(36)15-38)19-50-35-42-31-23(33(43-35)47-10-6-11-48-21(17-47)13-26(44-48)34(49)45(2)3)14-25(37)29(30(31)39)22-7-5-8-27-28(22)24(16-40)32(41)51-27;2-1-3/h5,7-8,13-15H,6,9-12,17-19,41H2,1-4H3;1H,(H,2,3)/b20-15+;/t36-;/m0./s1. The van der Waals surface area contributed by atoms with Crippen molar-refractivity contribution >= 4 is 67.1 Å². The van der Waals surface area contributed by atoms with Crippen LogP contribution in [-0.2, 0) is 17.9 Å². The summed E-state index contributed by atoms with van der Waals surface area (Å²) < 4.78 is 40.0. The third-order valence-electron chi connectivity index (χ3n) is 9.71. The van der Waals surface area contributed by atoms with Gasteiger partial charge in [0.05, 0.1) is 29.2 Å². The summed E-state index contributed by atoms with van der Waals surface area (Å²) >= 11 is 8.19. The number of nitrogens with zero attached hydrogens (tertiary/aromatic N) is 8. The van der Waals surface area contributed by atoms with E-state index in [0.29, 0.717) is 83.8 Å².